The van der Waals surface area contributed by atoms with Gasteiger partial charge in [0.05, 0.1) is 15.5 Å². The van der Waals surface area contributed by atoms with Crippen LogP contribution in [-0.2, 0) is 14.8 Å². The summed E-state index contributed by atoms with van der Waals surface area (Å²) < 4.78 is 27.5. The molecule has 0 aliphatic rings. The van der Waals surface area contributed by atoms with Gasteiger partial charge in [-0.15, -0.1) is 0 Å². The molecule has 0 unspecified atom stereocenters. The van der Waals surface area contributed by atoms with Crippen LogP contribution < -0.4 is 9.62 Å². The van der Waals surface area contributed by atoms with Gasteiger partial charge in [-0.3, -0.25) is 19.2 Å². The lowest BCUT2D eigenvalue weighted by Crippen LogP contribution is -2.38. The zero-order valence-electron chi connectivity index (χ0n) is 16.1. The van der Waals surface area contributed by atoms with Crippen molar-refractivity contribution in [2.45, 2.75) is 11.8 Å². The Morgan fingerprint density at radius 3 is 2.30 bits per heavy atom. The topological polar surface area (TPSA) is 110 Å². The first kappa shape index (κ1) is 21.0. The van der Waals surface area contributed by atoms with Crippen LogP contribution >= 0.6 is 0 Å². The van der Waals surface area contributed by atoms with Crippen molar-refractivity contribution < 1.29 is 18.1 Å². The van der Waals surface area contributed by atoms with Crippen molar-refractivity contribution in [1.82, 2.24) is 0 Å². The maximum Gasteiger partial charge on any atom is 0.271 e. The Hall–Kier alpha value is -3.72. The highest BCUT2D eigenvalue weighted by Crippen LogP contribution is 2.24. The number of benzene rings is 3. The summed E-state index contributed by atoms with van der Waals surface area (Å²) in [6.45, 7) is 1.35. The summed E-state index contributed by atoms with van der Waals surface area (Å²) in [7, 11) is -4.02. The van der Waals surface area contributed by atoms with Crippen LogP contribution in [0.25, 0.3) is 0 Å². The van der Waals surface area contributed by atoms with Gasteiger partial charge in [-0.1, -0.05) is 42.0 Å². The Kier molecular flexibility index (Phi) is 6.12. The molecule has 0 saturated carbocycles. The minimum atomic E-state index is -4.02. The number of aryl methyl sites for hydroxylation is 1. The van der Waals surface area contributed by atoms with Gasteiger partial charge in [0, 0.05) is 17.8 Å². The summed E-state index contributed by atoms with van der Waals surface area (Å²) in [5.41, 5.74) is 1.26. The highest BCUT2D eigenvalue weighted by Gasteiger charge is 2.27. The Morgan fingerprint density at radius 2 is 1.67 bits per heavy atom. The third-order valence-electron chi connectivity index (χ3n) is 4.28. The SMILES string of the molecule is Cc1ccc(S(=O)(=O)N(CC(=O)Nc2cccc([N+](=O)[O-])c2)c2ccccc2)cc1. The Bertz CT molecular complexity index is 1160. The van der Waals surface area contributed by atoms with Gasteiger partial charge in [0.2, 0.25) is 5.91 Å². The molecule has 0 aliphatic heterocycles. The first-order valence-corrected chi connectivity index (χ1v) is 10.4. The van der Waals surface area contributed by atoms with Crippen LogP contribution in [0.2, 0.25) is 0 Å². The van der Waals surface area contributed by atoms with Crippen LogP contribution in [0, 0.1) is 17.0 Å². The number of non-ortho nitro benzene ring substituents is 1. The average Bonchev–Trinajstić information content (AvgIpc) is 2.73. The molecule has 30 heavy (non-hydrogen) atoms. The lowest BCUT2D eigenvalue weighted by atomic mass is 10.2. The fraction of sp³-hybridized carbons (Fsp3) is 0.0952. The Balaban J connectivity index is 1.90. The first-order chi connectivity index (χ1) is 14.3. The summed E-state index contributed by atoms with van der Waals surface area (Å²) in [5, 5.41) is 13.4. The molecular formula is C21H19N3O5S. The molecule has 0 atom stereocenters. The van der Waals surface area contributed by atoms with Crippen molar-refractivity contribution in [1.29, 1.82) is 0 Å². The number of nitro groups is 1. The van der Waals surface area contributed by atoms with Gasteiger partial charge in [0.1, 0.15) is 6.54 Å². The third-order valence-corrected chi connectivity index (χ3v) is 6.07. The zero-order valence-corrected chi connectivity index (χ0v) is 16.9. The molecule has 0 radical (unpaired) electrons. The smallest absolute Gasteiger partial charge is 0.271 e. The monoisotopic (exact) mass is 425 g/mol. The van der Waals surface area contributed by atoms with E-state index in [0.29, 0.717) is 5.69 Å². The number of rotatable bonds is 7. The van der Waals surface area contributed by atoms with E-state index >= 15 is 0 Å². The van der Waals surface area contributed by atoms with Gasteiger partial charge >= 0.3 is 0 Å². The van der Waals surface area contributed by atoms with E-state index in [1.165, 1.54) is 36.4 Å². The number of hydrogen-bond donors (Lipinski definition) is 1. The number of para-hydroxylation sites is 1. The number of nitrogens with zero attached hydrogens (tertiary/aromatic N) is 2. The highest BCUT2D eigenvalue weighted by atomic mass is 32.2. The molecule has 154 valence electrons. The van der Waals surface area contributed by atoms with Crippen molar-refractivity contribution in [3.05, 3.63) is 94.5 Å². The summed E-state index contributed by atoms with van der Waals surface area (Å²) >= 11 is 0. The Labute approximate surface area is 174 Å². The number of nitro benzene ring substituents is 1. The minimum absolute atomic E-state index is 0.0557. The molecule has 0 spiro atoms. The summed E-state index contributed by atoms with van der Waals surface area (Å²) in [4.78, 5) is 23.0. The van der Waals surface area contributed by atoms with Gasteiger partial charge < -0.3 is 5.32 Å². The number of carbonyl (C=O) groups is 1. The molecule has 1 N–H and O–H groups in total. The molecule has 0 aliphatic carbocycles. The molecule has 3 aromatic rings. The van der Waals surface area contributed by atoms with Crippen LogP contribution in [0.15, 0.2) is 83.8 Å². The predicted molar refractivity (Wildman–Crippen MR) is 114 cm³/mol. The fourth-order valence-electron chi connectivity index (χ4n) is 2.77. The number of sulfonamides is 1. The fourth-order valence-corrected chi connectivity index (χ4v) is 4.20. The van der Waals surface area contributed by atoms with E-state index < -0.39 is 27.4 Å². The molecule has 0 aromatic heterocycles. The number of amides is 1. The van der Waals surface area contributed by atoms with Gasteiger partial charge in [-0.25, -0.2) is 8.42 Å². The lowest BCUT2D eigenvalue weighted by molar-refractivity contribution is -0.384. The van der Waals surface area contributed by atoms with Crippen LogP contribution in [-0.4, -0.2) is 25.8 Å². The first-order valence-electron chi connectivity index (χ1n) is 8.96. The second kappa shape index (κ2) is 8.75. The van der Waals surface area contributed by atoms with Crippen LogP contribution in [0.4, 0.5) is 17.1 Å². The molecule has 0 bridgehead atoms. The zero-order chi connectivity index (χ0) is 21.7. The van der Waals surface area contributed by atoms with Crippen molar-refractivity contribution >= 4 is 33.0 Å². The van der Waals surface area contributed by atoms with Gasteiger partial charge in [0.15, 0.2) is 0 Å². The summed E-state index contributed by atoms with van der Waals surface area (Å²) in [6.07, 6.45) is 0. The second-order valence-electron chi connectivity index (χ2n) is 6.52. The molecule has 3 rings (SSSR count). The third kappa shape index (κ3) is 4.81. The summed E-state index contributed by atoms with van der Waals surface area (Å²) in [6, 6.07) is 20.0. The van der Waals surface area contributed by atoms with E-state index in [-0.39, 0.29) is 16.3 Å². The second-order valence-corrected chi connectivity index (χ2v) is 8.38. The van der Waals surface area contributed by atoms with Crippen molar-refractivity contribution in [2.75, 3.05) is 16.2 Å². The number of anilines is 2. The molecule has 0 heterocycles. The molecule has 8 nitrogen and oxygen atoms in total. The molecule has 0 saturated heterocycles. The lowest BCUT2D eigenvalue weighted by Gasteiger charge is -2.24. The molecule has 1 amide bonds. The number of carbonyl (C=O) groups excluding carboxylic acids is 1. The van der Waals surface area contributed by atoms with Gasteiger partial charge in [-0.2, -0.15) is 0 Å². The van der Waals surface area contributed by atoms with E-state index in [2.05, 4.69) is 5.32 Å². The maximum atomic E-state index is 13.2. The minimum Gasteiger partial charge on any atom is -0.324 e. The van der Waals surface area contributed by atoms with Crippen LogP contribution in [0.5, 0.6) is 0 Å². The molecule has 9 heteroatoms. The van der Waals surface area contributed by atoms with Crippen LogP contribution in [0.1, 0.15) is 5.56 Å². The predicted octanol–water partition coefficient (Wildman–Crippen LogP) is 3.74. The molecular weight excluding hydrogens is 406 g/mol. The normalized spacial score (nSPS) is 11.0. The van der Waals surface area contributed by atoms with E-state index in [0.717, 1.165) is 9.87 Å². The van der Waals surface area contributed by atoms with Crippen LogP contribution in [0.3, 0.4) is 0 Å². The number of hydrogen-bond acceptors (Lipinski definition) is 5. The average molecular weight is 425 g/mol. The summed E-state index contributed by atoms with van der Waals surface area (Å²) in [5.74, 6) is -0.630. The largest absolute Gasteiger partial charge is 0.324 e. The van der Waals surface area contributed by atoms with Crippen molar-refractivity contribution in [2.24, 2.45) is 0 Å². The van der Waals surface area contributed by atoms with Gasteiger partial charge in [0.25, 0.3) is 15.7 Å². The maximum absolute atomic E-state index is 13.2. The van der Waals surface area contributed by atoms with E-state index in [9.17, 15) is 23.3 Å². The number of nitrogens with one attached hydrogen (secondary N) is 1. The molecule has 0 fully saturated rings. The molecule has 3 aromatic carbocycles. The quantitative estimate of drug-likeness (QED) is 0.458. The standard InChI is InChI=1S/C21H19N3O5S/c1-16-10-12-20(13-11-16)30(28,29)23(18-7-3-2-4-8-18)15-21(25)22-17-6-5-9-19(14-17)24(26)27/h2-14H,15H2,1H3,(H,22,25). The highest BCUT2D eigenvalue weighted by molar-refractivity contribution is 7.92. The van der Waals surface area contributed by atoms with Gasteiger partial charge in [-0.05, 0) is 37.3 Å². The van der Waals surface area contributed by atoms with Crippen molar-refractivity contribution in [3.63, 3.8) is 0 Å². The van der Waals surface area contributed by atoms with E-state index in [1.807, 2.05) is 6.92 Å². The Morgan fingerprint density at radius 1 is 1.00 bits per heavy atom. The van der Waals surface area contributed by atoms with Crippen molar-refractivity contribution in [3.8, 4) is 0 Å². The van der Waals surface area contributed by atoms with E-state index in [1.54, 1.807) is 42.5 Å². The van der Waals surface area contributed by atoms with E-state index in [4.69, 9.17) is 0 Å².